The first-order valence-corrected chi connectivity index (χ1v) is 2.85. The molecule has 0 aliphatic carbocycles. The van der Waals surface area contributed by atoms with E-state index in [0.717, 1.165) is 0 Å². The number of nitrogens with two attached hydrogens (primary N) is 1. The molecule has 1 aromatic rings. The quantitative estimate of drug-likeness (QED) is 0.431. The van der Waals surface area contributed by atoms with E-state index in [2.05, 4.69) is 15.3 Å². The van der Waals surface area contributed by atoms with E-state index in [0.29, 0.717) is 0 Å². The predicted molar refractivity (Wildman–Crippen MR) is 37.6 cm³/mol. The van der Waals surface area contributed by atoms with Gasteiger partial charge in [-0.3, -0.25) is 10.7 Å². The van der Waals surface area contributed by atoms with Gasteiger partial charge in [0.05, 0.1) is 0 Å². The Labute approximate surface area is 62.0 Å². The van der Waals surface area contributed by atoms with E-state index in [4.69, 9.17) is 11.1 Å². The van der Waals surface area contributed by atoms with E-state index in [1.54, 1.807) is 0 Å². The molecule has 1 heterocycles. The van der Waals surface area contributed by atoms with E-state index in [9.17, 15) is 4.79 Å². The Kier molecular flexibility index (Phi) is 1.86. The number of aromatic amines is 1. The summed E-state index contributed by atoms with van der Waals surface area (Å²) in [7, 11) is 0. The first-order valence-electron chi connectivity index (χ1n) is 2.85. The molecule has 11 heavy (non-hydrogen) atoms. The lowest BCUT2D eigenvalue weighted by Gasteiger charge is -1.97. The molecule has 1 rings (SSSR count). The summed E-state index contributed by atoms with van der Waals surface area (Å²) in [6.07, 6.45) is 1.49. The molecule has 0 bridgehead atoms. The van der Waals surface area contributed by atoms with E-state index in [1.165, 1.54) is 12.3 Å². The number of aromatic nitrogens is 2. The van der Waals surface area contributed by atoms with Crippen molar-refractivity contribution in [1.82, 2.24) is 9.97 Å². The maximum atomic E-state index is 10.3. The number of hydrogen-bond donors (Lipinski definition) is 4. The summed E-state index contributed by atoms with van der Waals surface area (Å²) in [4.78, 5) is 16.4. The number of nitrogens with zero attached hydrogens (tertiary/aromatic N) is 1. The first kappa shape index (κ1) is 7.26. The number of nitrogens with one attached hydrogen (secondary N) is 3. The van der Waals surface area contributed by atoms with Crippen molar-refractivity contribution in [3.05, 3.63) is 17.9 Å². The van der Waals surface area contributed by atoms with Crippen LogP contribution < -0.4 is 16.7 Å². The van der Waals surface area contributed by atoms with Crippen LogP contribution in [0.25, 0.3) is 0 Å². The molecule has 5 N–H and O–H groups in total. The second-order valence-corrected chi connectivity index (χ2v) is 1.81. The number of H-pyrrole nitrogens is 1. The Balaban J connectivity index is 2.88. The molecule has 0 aromatic carbocycles. The zero-order valence-electron chi connectivity index (χ0n) is 5.59. The molecule has 2 amide bonds. The van der Waals surface area contributed by atoms with E-state index in [1.807, 2.05) is 0 Å². The van der Waals surface area contributed by atoms with Crippen LogP contribution in [-0.4, -0.2) is 16.0 Å². The number of carbonyl (C=O) groups is 1. The standard InChI is InChI=1S/C5H7N5O/c6-4-8-2-1-3(9-4)10-5(7)11/h1-2H,(H5,6,7,8,9,10,11). The van der Waals surface area contributed by atoms with Gasteiger partial charge in [-0.15, -0.1) is 0 Å². The number of primary amides is 1. The van der Waals surface area contributed by atoms with Gasteiger partial charge in [0.15, 0.2) is 0 Å². The number of amides is 2. The van der Waals surface area contributed by atoms with Gasteiger partial charge < -0.3 is 10.7 Å². The van der Waals surface area contributed by atoms with Crippen molar-refractivity contribution in [3.8, 4) is 0 Å². The summed E-state index contributed by atoms with van der Waals surface area (Å²) in [5, 5.41) is 9.25. The van der Waals surface area contributed by atoms with Gasteiger partial charge in [0, 0.05) is 6.20 Å². The van der Waals surface area contributed by atoms with Gasteiger partial charge in [-0.05, 0) is 6.07 Å². The molecule has 6 nitrogen and oxygen atoms in total. The zero-order valence-corrected chi connectivity index (χ0v) is 5.59. The third kappa shape index (κ3) is 2.09. The van der Waals surface area contributed by atoms with Gasteiger partial charge in [0.1, 0.15) is 5.82 Å². The summed E-state index contributed by atoms with van der Waals surface area (Å²) < 4.78 is 0. The minimum atomic E-state index is -0.692. The van der Waals surface area contributed by atoms with Crippen LogP contribution in [0.5, 0.6) is 0 Å². The minimum absolute atomic E-state index is 0.0312. The Hall–Kier alpha value is -1.85. The highest BCUT2D eigenvalue weighted by molar-refractivity contribution is 5.86. The lowest BCUT2D eigenvalue weighted by Crippen LogP contribution is -2.22. The van der Waals surface area contributed by atoms with Crippen LogP contribution in [0.3, 0.4) is 0 Å². The molecule has 0 aliphatic heterocycles. The van der Waals surface area contributed by atoms with Crippen molar-refractivity contribution < 1.29 is 4.79 Å². The second kappa shape index (κ2) is 2.82. The van der Waals surface area contributed by atoms with E-state index in [-0.39, 0.29) is 11.4 Å². The maximum absolute atomic E-state index is 10.3. The predicted octanol–water partition coefficient (Wildman–Crippen LogP) is -0.620. The highest BCUT2D eigenvalue weighted by Crippen LogP contribution is 1.93. The molecular weight excluding hydrogens is 146 g/mol. The van der Waals surface area contributed by atoms with Gasteiger partial charge in [0.2, 0.25) is 5.62 Å². The molecular formula is C5H7N5O. The van der Waals surface area contributed by atoms with Gasteiger partial charge in [-0.1, -0.05) is 0 Å². The van der Waals surface area contributed by atoms with Crippen molar-refractivity contribution in [2.75, 3.05) is 5.32 Å². The summed E-state index contributed by atoms with van der Waals surface area (Å²) >= 11 is 0. The third-order valence-electron chi connectivity index (χ3n) is 0.945. The smallest absolute Gasteiger partial charge is 0.317 e. The third-order valence-corrected chi connectivity index (χ3v) is 0.945. The van der Waals surface area contributed by atoms with Gasteiger partial charge >= 0.3 is 6.03 Å². The van der Waals surface area contributed by atoms with E-state index >= 15 is 0 Å². The largest absolute Gasteiger partial charge is 0.351 e. The Bertz CT molecular complexity index is 317. The molecule has 6 heteroatoms. The van der Waals surface area contributed by atoms with Crippen LogP contribution in [0.1, 0.15) is 0 Å². The average molecular weight is 153 g/mol. The number of carbonyl (C=O) groups excluding carboxylic acids is 1. The summed E-state index contributed by atoms with van der Waals surface area (Å²) in [6.45, 7) is 0. The van der Waals surface area contributed by atoms with Crippen molar-refractivity contribution in [2.24, 2.45) is 5.73 Å². The zero-order chi connectivity index (χ0) is 8.27. The molecule has 0 spiro atoms. The number of hydrogen-bond acceptors (Lipinski definition) is 3. The molecule has 0 unspecified atom stereocenters. The van der Waals surface area contributed by atoms with E-state index < -0.39 is 6.03 Å². The molecule has 0 saturated carbocycles. The highest BCUT2D eigenvalue weighted by atomic mass is 16.2. The SMILES string of the molecule is N=c1nc(NC(N)=O)cc[nH]1. The van der Waals surface area contributed by atoms with Gasteiger partial charge in [-0.25, -0.2) is 4.79 Å². The Morgan fingerprint density at radius 2 is 2.55 bits per heavy atom. The van der Waals surface area contributed by atoms with Crippen LogP contribution in [0.2, 0.25) is 0 Å². The normalized spacial score (nSPS) is 9.09. The summed E-state index contributed by atoms with van der Waals surface area (Å²) in [5.74, 6) is 0.265. The van der Waals surface area contributed by atoms with Gasteiger partial charge in [0.25, 0.3) is 0 Å². The monoisotopic (exact) mass is 153 g/mol. The molecule has 0 radical (unpaired) electrons. The summed E-state index contributed by atoms with van der Waals surface area (Å²) in [5.41, 5.74) is 4.78. The molecule has 1 aromatic heterocycles. The van der Waals surface area contributed by atoms with Crippen LogP contribution in [0.4, 0.5) is 10.6 Å². The first-order chi connectivity index (χ1) is 5.18. The number of anilines is 1. The van der Waals surface area contributed by atoms with Crippen LogP contribution in [0, 0.1) is 5.41 Å². The molecule has 0 fully saturated rings. The number of urea groups is 1. The highest BCUT2D eigenvalue weighted by Gasteiger charge is 1.94. The lowest BCUT2D eigenvalue weighted by molar-refractivity contribution is 0.259. The number of rotatable bonds is 1. The van der Waals surface area contributed by atoms with Crippen LogP contribution in [0.15, 0.2) is 12.3 Å². The molecule has 0 aliphatic rings. The van der Waals surface area contributed by atoms with Crippen molar-refractivity contribution in [1.29, 1.82) is 5.41 Å². The second-order valence-electron chi connectivity index (χ2n) is 1.81. The molecule has 0 saturated heterocycles. The fourth-order valence-electron chi connectivity index (χ4n) is 0.585. The Morgan fingerprint density at radius 3 is 3.09 bits per heavy atom. The Morgan fingerprint density at radius 1 is 1.82 bits per heavy atom. The fourth-order valence-corrected chi connectivity index (χ4v) is 0.585. The van der Waals surface area contributed by atoms with Crippen molar-refractivity contribution in [2.45, 2.75) is 0 Å². The lowest BCUT2D eigenvalue weighted by atomic mass is 10.6. The van der Waals surface area contributed by atoms with Crippen LogP contribution >= 0.6 is 0 Å². The van der Waals surface area contributed by atoms with Crippen molar-refractivity contribution >= 4 is 11.8 Å². The topological polar surface area (TPSA) is 108 Å². The van der Waals surface area contributed by atoms with Crippen LogP contribution in [-0.2, 0) is 0 Å². The maximum Gasteiger partial charge on any atom is 0.317 e. The molecule has 58 valence electrons. The average Bonchev–Trinajstić information content (AvgIpc) is 1.85. The summed E-state index contributed by atoms with van der Waals surface area (Å²) in [6, 6.07) is 0.811. The van der Waals surface area contributed by atoms with Crippen molar-refractivity contribution in [3.63, 3.8) is 0 Å². The molecule has 0 atom stereocenters. The van der Waals surface area contributed by atoms with Gasteiger partial charge in [-0.2, -0.15) is 4.98 Å². The minimum Gasteiger partial charge on any atom is -0.351 e. The fraction of sp³-hybridized carbons (Fsp3) is 0.